The van der Waals surface area contributed by atoms with Gasteiger partial charge in [-0.25, -0.2) is 0 Å². The zero-order chi connectivity index (χ0) is 39.4. The molecule has 0 aliphatic heterocycles. The van der Waals surface area contributed by atoms with Crippen molar-refractivity contribution in [3.8, 4) is 0 Å². The molecule has 0 aromatic carbocycles. The molecule has 322 valence electrons. The van der Waals surface area contributed by atoms with Crippen LogP contribution in [0.4, 0.5) is 0 Å². The van der Waals surface area contributed by atoms with E-state index in [-0.39, 0.29) is 18.5 Å². The van der Waals surface area contributed by atoms with Gasteiger partial charge in [0.05, 0.1) is 25.4 Å². The zero-order valence-corrected chi connectivity index (χ0v) is 36.5. The lowest BCUT2D eigenvalue weighted by molar-refractivity contribution is -0.143. The number of carbonyl (C=O) groups is 2. The van der Waals surface area contributed by atoms with Crippen LogP contribution in [0.3, 0.4) is 0 Å². The maximum absolute atomic E-state index is 12.4. The van der Waals surface area contributed by atoms with E-state index >= 15 is 0 Å². The number of esters is 1. The summed E-state index contributed by atoms with van der Waals surface area (Å²) < 4.78 is 5.44. The Balaban J connectivity index is 3.48. The van der Waals surface area contributed by atoms with Gasteiger partial charge in [-0.1, -0.05) is 232 Å². The number of unbranched alkanes of at least 4 members (excludes halogenated alkanes) is 34. The molecular weight excluding hydrogens is 671 g/mol. The van der Waals surface area contributed by atoms with Crippen molar-refractivity contribution in [1.29, 1.82) is 0 Å². The number of nitrogens with one attached hydrogen (secondary N) is 1. The second-order valence-corrected chi connectivity index (χ2v) is 16.8. The van der Waals surface area contributed by atoms with Crippen LogP contribution in [0.15, 0.2) is 0 Å². The topological polar surface area (TPSA) is 95.9 Å². The SMILES string of the molecule is CCCCCCCCCCCCCCCCCC(O)C(CO)NC(=O)CCCCCCCCCCCCOC(=O)CCCCCCCCCCCCCC. The van der Waals surface area contributed by atoms with Crippen LogP contribution in [-0.4, -0.2) is 47.4 Å². The monoisotopic (exact) mass is 766 g/mol. The Morgan fingerprint density at radius 2 is 0.759 bits per heavy atom. The lowest BCUT2D eigenvalue weighted by atomic mass is 10.0. The summed E-state index contributed by atoms with van der Waals surface area (Å²) in [6.07, 6.45) is 47.7. The van der Waals surface area contributed by atoms with Gasteiger partial charge in [-0.05, 0) is 25.7 Å². The number of amides is 1. The lowest BCUT2D eigenvalue weighted by Crippen LogP contribution is -2.45. The van der Waals surface area contributed by atoms with Crippen LogP contribution in [0.25, 0.3) is 0 Å². The van der Waals surface area contributed by atoms with Gasteiger partial charge in [0, 0.05) is 12.8 Å². The highest BCUT2D eigenvalue weighted by molar-refractivity contribution is 5.76. The first-order valence-electron chi connectivity index (χ1n) is 24.3. The minimum Gasteiger partial charge on any atom is -0.466 e. The smallest absolute Gasteiger partial charge is 0.305 e. The molecule has 0 rings (SSSR count). The number of aliphatic hydroxyl groups excluding tert-OH is 2. The van der Waals surface area contributed by atoms with Gasteiger partial charge in [0.2, 0.25) is 5.91 Å². The number of rotatable bonds is 45. The molecule has 6 heteroatoms. The Morgan fingerprint density at radius 3 is 1.13 bits per heavy atom. The molecule has 0 radical (unpaired) electrons. The van der Waals surface area contributed by atoms with Gasteiger partial charge in [0.25, 0.3) is 0 Å². The molecule has 0 spiro atoms. The summed E-state index contributed by atoms with van der Waals surface area (Å²) in [5.41, 5.74) is 0. The van der Waals surface area contributed by atoms with E-state index in [9.17, 15) is 19.8 Å². The molecule has 2 unspecified atom stereocenters. The van der Waals surface area contributed by atoms with Crippen molar-refractivity contribution >= 4 is 11.9 Å². The van der Waals surface area contributed by atoms with Crippen LogP contribution in [0.1, 0.15) is 271 Å². The molecule has 0 aliphatic rings. The van der Waals surface area contributed by atoms with Crippen molar-refractivity contribution in [2.24, 2.45) is 0 Å². The Morgan fingerprint density at radius 1 is 0.444 bits per heavy atom. The van der Waals surface area contributed by atoms with Gasteiger partial charge in [0.15, 0.2) is 0 Å². The van der Waals surface area contributed by atoms with Crippen LogP contribution >= 0.6 is 0 Å². The molecule has 2 atom stereocenters. The average molecular weight is 766 g/mol. The van der Waals surface area contributed by atoms with Gasteiger partial charge in [0.1, 0.15) is 0 Å². The second kappa shape index (κ2) is 44.6. The van der Waals surface area contributed by atoms with E-state index in [2.05, 4.69) is 19.2 Å². The van der Waals surface area contributed by atoms with Gasteiger partial charge in [-0.15, -0.1) is 0 Å². The fraction of sp³-hybridized carbons (Fsp3) is 0.958. The molecule has 1 amide bonds. The summed E-state index contributed by atoms with van der Waals surface area (Å²) >= 11 is 0. The molecule has 0 heterocycles. The quantitative estimate of drug-likeness (QED) is 0.0424. The molecule has 0 saturated heterocycles. The standard InChI is InChI=1S/C48H95NO5/c1-3-5-7-9-11-13-15-17-18-19-20-24-28-32-36-40-46(51)45(44-50)49-47(52)41-37-33-29-25-22-23-27-31-35-39-43-54-48(53)42-38-34-30-26-21-16-14-12-10-8-6-4-2/h45-46,50-51H,3-44H2,1-2H3,(H,49,52). The summed E-state index contributed by atoms with van der Waals surface area (Å²) in [6.45, 7) is 4.91. The maximum atomic E-state index is 12.4. The Bertz CT molecular complexity index is 761. The minimum atomic E-state index is -0.676. The fourth-order valence-corrected chi connectivity index (χ4v) is 7.64. The van der Waals surface area contributed by atoms with Gasteiger partial charge >= 0.3 is 5.97 Å². The van der Waals surface area contributed by atoms with E-state index in [1.54, 1.807) is 0 Å². The molecule has 54 heavy (non-hydrogen) atoms. The predicted octanol–water partition coefficient (Wildman–Crippen LogP) is 14.0. The predicted molar refractivity (Wildman–Crippen MR) is 232 cm³/mol. The summed E-state index contributed by atoms with van der Waals surface area (Å²) in [5.74, 6) is -0.0736. The molecule has 0 fully saturated rings. The second-order valence-electron chi connectivity index (χ2n) is 16.8. The number of ether oxygens (including phenoxy) is 1. The van der Waals surface area contributed by atoms with Crippen LogP contribution in [0.2, 0.25) is 0 Å². The van der Waals surface area contributed by atoms with Gasteiger partial charge < -0.3 is 20.3 Å². The number of aliphatic hydroxyl groups is 2. The molecule has 0 aromatic heterocycles. The minimum absolute atomic E-state index is 0.0176. The van der Waals surface area contributed by atoms with E-state index < -0.39 is 12.1 Å². The van der Waals surface area contributed by atoms with Crippen molar-refractivity contribution < 1.29 is 24.5 Å². The first kappa shape index (κ1) is 52.9. The molecule has 6 nitrogen and oxygen atoms in total. The molecule has 0 bridgehead atoms. The molecule has 0 aromatic rings. The highest BCUT2D eigenvalue weighted by Crippen LogP contribution is 2.16. The summed E-state index contributed by atoms with van der Waals surface area (Å²) in [5, 5.41) is 23.2. The Hall–Kier alpha value is -1.14. The normalized spacial score (nSPS) is 12.6. The fourth-order valence-electron chi connectivity index (χ4n) is 7.64. The third-order valence-corrected chi connectivity index (χ3v) is 11.4. The largest absolute Gasteiger partial charge is 0.466 e. The van der Waals surface area contributed by atoms with Crippen molar-refractivity contribution in [3.63, 3.8) is 0 Å². The van der Waals surface area contributed by atoms with Gasteiger partial charge in [-0.3, -0.25) is 9.59 Å². The van der Waals surface area contributed by atoms with E-state index in [0.717, 1.165) is 57.8 Å². The highest BCUT2D eigenvalue weighted by atomic mass is 16.5. The van der Waals surface area contributed by atoms with Gasteiger partial charge in [-0.2, -0.15) is 0 Å². The lowest BCUT2D eigenvalue weighted by Gasteiger charge is -2.22. The molecule has 0 saturated carbocycles. The number of hydrogen-bond donors (Lipinski definition) is 3. The maximum Gasteiger partial charge on any atom is 0.305 e. The van der Waals surface area contributed by atoms with E-state index in [4.69, 9.17) is 4.74 Å². The van der Waals surface area contributed by atoms with Crippen LogP contribution in [0, 0.1) is 0 Å². The summed E-state index contributed by atoms with van der Waals surface area (Å²) in [4.78, 5) is 24.4. The Labute approximate surface area is 336 Å². The van der Waals surface area contributed by atoms with Crippen molar-refractivity contribution in [3.05, 3.63) is 0 Å². The summed E-state index contributed by atoms with van der Waals surface area (Å²) in [6, 6.07) is -0.555. The third-order valence-electron chi connectivity index (χ3n) is 11.4. The van der Waals surface area contributed by atoms with E-state index in [1.807, 2.05) is 0 Å². The highest BCUT2D eigenvalue weighted by Gasteiger charge is 2.20. The summed E-state index contributed by atoms with van der Waals surface area (Å²) in [7, 11) is 0. The first-order valence-corrected chi connectivity index (χ1v) is 24.3. The van der Waals surface area contributed by atoms with Crippen LogP contribution in [0.5, 0.6) is 0 Å². The van der Waals surface area contributed by atoms with Crippen LogP contribution < -0.4 is 5.32 Å². The van der Waals surface area contributed by atoms with E-state index in [1.165, 1.54) is 180 Å². The van der Waals surface area contributed by atoms with Crippen molar-refractivity contribution in [1.82, 2.24) is 5.32 Å². The number of hydrogen-bond acceptors (Lipinski definition) is 5. The third kappa shape index (κ3) is 40.5. The average Bonchev–Trinajstić information content (AvgIpc) is 3.17. The number of carbonyl (C=O) groups excluding carboxylic acids is 2. The first-order chi connectivity index (χ1) is 26.5. The van der Waals surface area contributed by atoms with Crippen molar-refractivity contribution in [2.45, 2.75) is 283 Å². The zero-order valence-electron chi connectivity index (χ0n) is 36.5. The molecular formula is C48H95NO5. The molecule has 3 N–H and O–H groups in total. The van der Waals surface area contributed by atoms with E-state index in [0.29, 0.717) is 25.9 Å². The van der Waals surface area contributed by atoms with Crippen LogP contribution in [-0.2, 0) is 14.3 Å². The molecule has 0 aliphatic carbocycles. The Kier molecular flexibility index (Phi) is 43.6. The van der Waals surface area contributed by atoms with Crippen molar-refractivity contribution in [2.75, 3.05) is 13.2 Å².